The Morgan fingerprint density at radius 2 is 1.87 bits per heavy atom. The van der Waals surface area contributed by atoms with E-state index in [1.165, 1.54) is 11.1 Å². The molecule has 3 heterocycles. The molecular weight excluding hydrogens is 481 g/mol. The van der Waals surface area contributed by atoms with Crippen LogP contribution in [0.4, 0.5) is 4.39 Å². The number of halogens is 1. The fraction of sp³-hybridized carbons (Fsp3) is 0.367. The Balaban J connectivity index is 1.89. The molecule has 0 radical (unpaired) electrons. The summed E-state index contributed by atoms with van der Waals surface area (Å²) >= 11 is 0. The topological polar surface area (TPSA) is 103 Å². The normalized spacial score (nSPS) is 16.6. The van der Waals surface area contributed by atoms with E-state index >= 15 is 4.39 Å². The van der Waals surface area contributed by atoms with Crippen molar-refractivity contribution in [1.82, 2.24) is 14.6 Å². The van der Waals surface area contributed by atoms with Gasteiger partial charge in [0.05, 0.1) is 33.9 Å². The fourth-order valence-corrected chi connectivity index (χ4v) is 5.77. The molecule has 0 aliphatic carbocycles. The van der Waals surface area contributed by atoms with Gasteiger partial charge in [-0.15, -0.1) is 0 Å². The van der Waals surface area contributed by atoms with Crippen LogP contribution in [-0.4, -0.2) is 39.9 Å². The van der Waals surface area contributed by atoms with Crippen molar-refractivity contribution in [3.63, 3.8) is 0 Å². The second-order valence-corrected chi connectivity index (χ2v) is 10.8. The van der Waals surface area contributed by atoms with E-state index in [1.54, 1.807) is 40.1 Å². The zero-order valence-corrected chi connectivity index (χ0v) is 22.4. The number of fused-ring (bicyclic) bond motifs is 3. The van der Waals surface area contributed by atoms with Crippen molar-refractivity contribution in [2.24, 2.45) is 17.5 Å². The molecule has 0 bridgehead atoms. The van der Waals surface area contributed by atoms with Gasteiger partial charge in [-0.3, -0.25) is 4.98 Å². The zero-order valence-electron chi connectivity index (χ0n) is 22.4. The van der Waals surface area contributed by atoms with E-state index in [-0.39, 0.29) is 17.8 Å². The smallest absolute Gasteiger partial charge is 0.128 e. The van der Waals surface area contributed by atoms with E-state index in [0.717, 1.165) is 45.9 Å². The minimum Gasteiger partial charge on any atom is -0.401 e. The molecule has 1 aliphatic heterocycles. The number of pyridine rings is 1. The highest BCUT2D eigenvalue weighted by Crippen LogP contribution is 2.42. The van der Waals surface area contributed by atoms with E-state index in [1.807, 2.05) is 36.4 Å². The van der Waals surface area contributed by atoms with Crippen LogP contribution in [0.2, 0.25) is 0 Å². The van der Waals surface area contributed by atoms with Gasteiger partial charge >= 0.3 is 0 Å². The third-order valence-corrected chi connectivity index (χ3v) is 7.56. The maximum absolute atomic E-state index is 15.5. The molecule has 38 heavy (non-hydrogen) atoms. The number of nitrogens with zero attached hydrogens (tertiary/aromatic N) is 3. The molecule has 1 fully saturated rings. The average molecular weight is 518 g/mol. The number of ether oxygens (including phenoxy) is 1. The van der Waals surface area contributed by atoms with Crippen LogP contribution in [0.5, 0.6) is 0 Å². The van der Waals surface area contributed by atoms with Crippen LogP contribution in [-0.2, 0) is 10.3 Å². The first-order chi connectivity index (χ1) is 18.1. The summed E-state index contributed by atoms with van der Waals surface area (Å²) in [6.45, 7) is 6.59. The maximum atomic E-state index is 15.5. The lowest BCUT2D eigenvalue weighted by molar-refractivity contribution is 0.0548. The Bertz CT molecular complexity index is 1510. The quantitative estimate of drug-likeness (QED) is 0.245. The van der Waals surface area contributed by atoms with Crippen molar-refractivity contribution >= 4 is 27.6 Å². The summed E-state index contributed by atoms with van der Waals surface area (Å²) in [6.07, 6.45) is 3.38. The second kappa shape index (κ2) is 10.0. The maximum Gasteiger partial charge on any atom is 0.128 e. The molecule has 7 nitrogen and oxygen atoms in total. The molecule has 200 valence electrons. The van der Waals surface area contributed by atoms with Gasteiger partial charge in [0.2, 0.25) is 0 Å². The van der Waals surface area contributed by atoms with Crippen molar-refractivity contribution in [1.29, 1.82) is 0 Å². The first kappa shape index (κ1) is 26.2. The van der Waals surface area contributed by atoms with Gasteiger partial charge in [0.1, 0.15) is 5.82 Å². The Morgan fingerprint density at radius 1 is 1.16 bits per heavy atom. The SMILES string of the molecule is C/C(N)=C(\c1cnc2c3ccc(C(C)(C)O)cc3n(C(c3ccccc3F)C3CCOCC3)c2c1)N(C)N. The lowest BCUT2D eigenvalue weighted by Gasteiger charge is -2.33. The highest BCUT2D eigenvalue weighted by atomic mass is 19.1. The lowest BCUT2D eigenvalue weighted by atomic mass is 9.86. The van der Waals surface area contributed by atoms with Gasteiger partial charge in [-0.25, -0.2) is 10.2 Å². The average Bonchev–Trinajstić information content (AvgIpc) is 3.18. The number of rotatable bonds is 6. The summed E-state index contributed by atoms with van der Waals surface area (Å²) < 4.78 is 23.4. The van der Waals surface area contributed by atoms with E-state index in [4.69, 9.17) is 21.3 Å². The Morgan fingerprint density at radius 3 is 2.50 bits per heavy atom. The largest absolute Gasteiger partial charge is 0.401 e. The monoisotopic (exact) mass is 517 g/mol. The Kier molecular flexibility index (Phi) is 6.90. The predicted molar refractivity (Wildman–Crippen MR) is 149 cm³/mol. The molecule has 4 aromatic rings. The summed E-state index contributed by atoms with van der Waals surface area (Å²) in [5, 5.41) is 13.3. The Labute approximate surface area is 222 Å². The van der Waals surface area contributed by atoms with Crippen LogP contribution < -0.4 is 11.6 Å². The molecule has 1 saturated heterocycles. The molecule has 0 amide bonds. The molecule has 1 aliphatic rings. The molecule has 0 spiro atoms. The summed E-state index contributed by atoms with van der Waals surface area (Å²) in [5.74, 6) is 6.04. The van der Waals surface area contributed by atoms with Crippen molar-refractivity contribution in [3.05, 3.63) is 82.9 Å². The molecular formula is C30H36FN5O2. The summed E-state index contributed by atoms with van der Waals surface area (Å²) in [4.78, 5) is 4.88. The minimum absolute atomic E-state index is 0.136. The second-order valence-electron chi connectivity index (χ2n) is 10.8. The van der Waals surface area contributed by atoms with Gasteiger partial charge in [-0.2, -0.15) is 0 Å². The van der Waals surface area contributed by atoms with Crippen molar-refractivity contribution < 1.29 is 14.2 Å². The third kappa shape index (κ3) is 4.64. The van der Waals surface area contributed by atoms with Crippen molar-refractivity contribution in [3.8, 4) is 0 Å². The number of benzene rings is 2. The van der Waals surface area contributed by atoms with Crippen LogP contribution in [0.15, 0.2) is 60.4 Å². The molecule has 5 rings (SSSR count). The number of hydrazine groups is 1. The van der Waals surface area contributed by atoms with Gasteiger partial charge in [0.25, 0.3) is 0 Å². The van der Waals surface area contributed by atoms with Crippen LogP contribution in [0.3, 0.4) is 0 Å². The molecule has 1 unspecified atom stereocenters. The fourth-order valence-electron chi connectivity index (χ4n) is 5.77. The number of nitrogens with two attached hydrogens (primary N) is 2. The van der Waals surface area contributed by atoms with Gasteiger partial charge in [-0.1, -0.05) is 30.3 Å². The van der Waals surface area contributed by atoms with Gasteiger partial charge in [0, 0.05) is 48.7 Å². The number of aliphatic hydroxyl groups is 1. The first-order valence-corrected chi connectivity index (χ1v) is 13.0. The van der Waals surface area contributed by atoms with Crippen molar-refractivity contribution in [2.45, 2.75) is 45.3 Å². The molecule has 8 heteroatoms. The van der Waals surface area contributed by atoms with E-state index in [2.05, 4.69) is 4.57 Å². The van der Waals surface area contributed by atoms with Crippen LogP contribution >= 0.6 is 0 Å². The van der Waals surface area contributed by atoms with Crippen LogP contribution in [0, 0.1) is 11.7 Å². The number of hydrogen-bond acceptors (Lipinski definition) is 6. The summed E-state index contributed by atoms with van der Waals surface area (Å²) in [7, 11) is 1.74. The van der Waals surface area contributed by atoms with Gasteiger partial charge in [-0.05, 0) is 63.3 Å². The van der Waals surface area contributed by atoms with Gasteiger partial charge < -0.3 is 25.2 Å². The zero-order chi connectivity index (χ0) is 27.2. The van der Waals surface area contributed by atoms with E-state index in [0.29, 0.717) is 30.2 Å². The third-order valence-electron chi connectivity index (χ3n) is 7.56. The number of aromatic nitrogens is 2. The summed E-state index contributed by atoms with van der Waals surface area (Å²) in [6, 6.07) is 14.6. The first-order valence-electron chi connectivity index (χ1n) is 13.0. The Hall–Kier alpha value is -3.46. The number of allylic oxidation sites excluding steroid dienone is 1. The molecule has 1 atom stereocenters. The molecule has 0 saturated carbocycles. The van der Waals surface area contributed by atoms with E-state index < -0.39 is 5.60 Å². The standard InChI is InChI=1S/C30H36FN5O2/c1-18(32)28(35(4)33)20-15-26-27(34-17-20)23-10-9-21(30(2,3)37)16-25(23)36(26)29(19-11-13-38-14-12-19)22-7-5-6-8-24(22)31/h5-10,15-17,19,29,37H,11-14,32-33H2,1-4H3/b28-18-. The highest BCUT2D eigenvalue weighted by molar-refractivity contribution is 6.06. The summed E-state index contributed by atoms with van der Waals surface area (Å²) in [5.41, 5.74) is 11.1. The molecule has 2 aromatic carbocycles. The van der Waals surface area contributed by atoms with Crippen molar-refractivity contribution in [2.75, 3.05) is 20.3 Å². The predicted octanol–water partition coefficient (Wildman–Crippen LogP) is 5.02. The minimum atomic E-state index is -1.05. The molecule has 2 aromatic heterocycles. The highest BCUT2D eigenvalue weighted by Gasteiger charge is 2.32. The number of hydrogen-bond donors (Lipinski definition) is 3. The molecule has 5 N–H and O–H groups in total. The van der Waals surface area contributed by atoms with E-state index in [9.17, 15) is 5.11 Å². The van der Waals surface area contributed by atoms with Crippen LogP contribution in [0.25, 0.3) is 27.6 Å². The lowest BCUT2D eigenvalue weighted by Crippen LogP contribution is -2.28. The van der Waals surface area contributed by atoms with Crippen LogP contribution in [0.1, 0.15) is 56.3 Å². The van der Waals surface area contributed by atoms with Gasteiger partial charge in [0.15, 0.2) is 0 Å².